The Hall–Kier alpha value is -3.23. The van der Waals surface area contributed by atoms with E-state index >= 15 is 0 Å². The Morgan fingerprint density at radius 2 is 2.21 bits per heavy atom. The van der Waals surface area contributed by atoms with Crippen molar-refractivity contribution < 1.29 is 4.79 Å². The zero-order chi connectivity index (χ0) is 19.8. The number of rotatable bonds is 4. The maximum Gasteiger partial charge on any atom is 0.254 e. The molecule has 2 N–H and O–H groups in total. The number of amides is 1. The van der Waals surface area contributed by atoms with Crippen LogP contribution in [0.5, 0.6) is 0 Å². The Labute approximate surface area is 161 Å². The molecule has 0 aliphatic carbocycles. The van der Waals surface area contributed by atoms with Crippen LogP contribution in [0.3, 0.4) is 0 Å². The molecule has 1 aliphatic heterocycles. The topological polar surface area (TPSA) is 113 Å². The van der Waals surface area contributed by atoms with Crippen molar-refractivity contribution in [2.24, 2.45) is 7.05 Å². The van der Waals surface area contributed by atoms with Crippen LogP contribution in [0.4, 0.5) is 0 Å². The number of aromatic amines is 2. The smallest absolute Gasteiger partial charge is 0.254 e. The summed E-state index contributed by atoms with van der Waals surface area (Å²) in [6.07, 6.45) is 6.08. The quantitative estimate of drug-likeness (QED) is 0.695. The third kappa shape index (κ3) is 3.23. The fraction of sp³-hybridized carbons (Fsp3) is 0.421. The fourth-order valence-electron chi connectivity index (χ4n) is 3.70. The SMILES string of the molecule is CCc1nc(C)c(CC(=O)N2Cc3[nH]cnc3C(c3cnn(C)c3)C2)c(=O)[nH]1. The third-order valence-electron chi connectivity index (χ3n) is 5.25. The fourth-order valence-corrected chi connectivity index (χ4v) is 3.70. The summed E-state index contributed by atoms with van der Waals surface area (Å²) in [5.41, 5.74) is 3.67. The number of carbonyl (C=O) groups excluding carboxylic acids is 1. The number of H-pyrrole nitrogens is 2. The standard InChI is InChI=1S/C19H23N7O2/c1-4-16-23-11(2)13(19(28)24-16)5-17(27)26-8-14(12-6-22-25(3)7-12)18-15(9-26)20-10-21-18/h6-7,10,14H,4-5,8-9H2,1-3H3,(H,20,21)(H,23,24,28). The van der Waals surface area contributed by atoms with Gasteiger partial charge in [-0.3, -0.25) is 14.3 Å². The van der Waals surface area contributed by atoms with E-state index in [1.807, 2.05) is 20.2 Å². The van der Waals surface area contributed by atoms with E-state index in [0.717, 1.165) is 17.0 Å². The van der Waals surface area contributed by atoms with Crippen molar-refractivity contribution in [2.45, 2.75) is 39.2 Å². The van der Waals surface area contributed by atoms with Gasteiger partial charge in [0.05, 0.1) is 36.9 Å². The molecular formula is C19H23N7O2. The van der Waals surface area contributed by atoms with Crippen LogP contribution in [0.25, 0.3) is 0 Å². The second-order valence-corrected chi connectivity index (χ2v) is 7.15. The van der Waals surface area contributed by atoms with Gasteiger partial charge in [-0.2, -0.15) is 5.10 Å². The summed E-state index contributed by atoms with van der Waals surface area (Å²) >= 11 is 0. The molecule has 0 bridgehead atoms. The van der Waals surface area contributed by atoms with E-state index in [4.69, 9.17) is 0 Å². The average molecular weight is 381 g/mol. The van der Waals surface area contributed by atoms with Crippen molar-refractivity contribution in [3.05, 3.63) is 63.1 Å². The number of fused-ring (bicyclic) bond motifs is 1. The van der Waals surface area contributed by atoms with Crippen LogP contribution in [0.2, 0.25) is 0 Å². The molecule has 0 saturated carbocycles. The van der Waals surface area contributed by atoms with Crippen molar-refractivity contribution in [3.63, 3.8) is 0 Å². The highest BCUT2D eigenvalue weighted by Crippen LogP contribution is 2.31. The lowest BCUT2D eigenvalue weighted by Gasteiger charge is -2.31. The van der Waals surface area contributed by atoms with Gasteiger partial charge in [0, 0.05) is 48.9 Å². The highest BCUT2D eigenvalue weighted by Gasteiger charge is 2.32. The first-order chi connectivity index (χ1) is 13.5. The summed E-state index contributed by atoms with van der Waals surface area (Å²) in [5.74, 6) is 0.483. The number of hydrogen-bond acceptors (Lipinski definition) is 5. The molecule has 4 rings (SSSR count). The van der Waals surface area contributed by atoms with Crippen LogP contribution in [0.15, 0.2) is 23.5 Å². The predicted molar refractivity (Wildman–Crippen MR) is 102 cm³/mol. The highest BCUT2D eigenvalue weighted by molar-refractivity contribution is 5.79. The van der Waals surface area contributed by atoms with E-state index in [2.05, 4.69) is 25.0 Å². The molecule has 1 atom stereocenters. The molecule has 0 radical (unpaired) electrons. The van der Waals surface area contributed by atoms with Gasteiger partial charge in [0.15, 0.2) is 0 Å². The number of nitrogens with one attached hydrogen (secondary N) is 2. The normalized spacial score (nSPS) is 16.2. The second-order valence-electron chi connectivity index (χ2n) is 7.15. The van der Waals surface area contributed by atoms with E-state index in [-0.39, 0.29) is 23.8 Å². The number of imidazole rings is 1. The summed E-state index contributed by atoms with van der Waals surface area (Å²) in [5, 5.41) is 4.25. The lowest BCUT2D eigenvalue weighted by Crippen LogP contribution is -2.40. The van der Waals surface area contributed by atoms with Gasteiger partial charge in [-0.15, -0.1) is 0 Å². The largest absolute Gasteiger partial charge is 0.347 e. The van der Waals surface area contributed by atoms with Crippen LogP contribution in [0, 0.1) is 6.92 Å². The average Bonchev–Trinajstić information content (AvgIpc) is 3.32. The van der Waals surface area contributed by atoms with Crippen LogP contribution in [-0.4, -0.2) is 47.1 Å². The lowest BCUT2D eigenvalue weighted by molar-refractivity contribution is -0.131. The molecule has 4 heterocycles. The summed E-state index contributed by atoms with van der Waals surface area (Å²) in [7, 11) is 1.86. The van der Waals surface area contributed by atoms with E-state index in [1.54, 1.807) is 29.0 Å². The molecule has 9 heteroatoms. The van der Waals surface area contributed by atoms with Gasteiger partial charge in [-0.05, 0) is 6.92 Å². The van der Waals surface area contributed by atoms with Crippen LogP contribution in [-0.2, 0) is 31.2 Å². The third-order valence-corrected chi connectivity index (χ3v) is 5.25. The minimum Gasteiger partial charge on any atom is -0.347 e. The Morgan fingerprint density at radius 1 is 1.39 bits per heavy atom. The number of aryl methyl sites for hydroxylation is 3. The molecule has 1 aliphatic rings. The van der Waals surface area contributed by atoms with Gasteiger partial charge in [0.2, 0.25) is 5.91 Å². The van der Waals surface area contributed by atoms with E-state index in [1.165, 1.54) is 0 Å². The molecular weight excluding hydrogens is 358 g/mol. The van der Waals surface area contributed by atoms with Gasteiger partial charge in [0.1, 0.15) is 5.82 Å². The van der Waals surface area contributed by atoms with Gasteiger partial charge in [-0.25, -0.2) is 9.97 Å². The molecule has 0 saturated heterocycles. The van der Waals surface area contributed by atoms with Crippen LogP contribution < -0.4 is 5.56 Å². The molecule has 9 nitrogen and oxygen atoms in total. The van der Waals surface area contributed by atoms with Gasteiger partial charge < -0.3 is 14.9 Å². The first-order valence-electron chi connectivity index (χ1n) is 9.33. The minimum absolute atomic E-state index is 0.0292. The minimum atomic E-state index is -0.235. The lowest BCUT2D eigenvalue weighted by atomic mass is 9.93. The molecule has 28 heavy (non-hydrogen) atoms. The van der Waals surface area contributed by atoms with Crippen LogP contribution >= 0.6 is 0 Å². The monoisotopic (exact) mass is 381 g/mol. The summed E-state index contributed by atoms with van der Waals surface area (Å²) in [4.78, 5) is 41.9. The maximum absolute atomic E-state index is 13.0. The first kappa shape index (κ1) is 18.1. The van der Waals surface area contributed by atoms with Crippen molar-refractivity contribution in [1.29, 1.82) is 0 Å². The summed E-state index contributed by atoms with van der Waals surface area (Å²) < 4.78 is 1.74. The molecule has 1 amide bonds. The molecule has 3 aromatic heterocycles. The van der Waals surface area contributed by atoms with Crippen LogP contribution in [0.1, 0.15) is 46.9 Å². The van der Waals surface area contributed by atoms with Gasteiger partial charge in [-0.1, -0.05) is 6.92 Å². The number of carbonyl (C=O) groups is 1. The van der Waals surface area contributed by atoms with Crippen molar-refractivity contribution in [3.8, 4) is 0 Å². The Morgan fingerprint density at radius 3 is 2.89 bits per heavy atom. The zero-order valence-corrected chi connectivity index (χ0v) is 16.2. The summed E-state index contributed by atoms with van der Waals surface area (Å²) in [6, 6.07) is 0. The van der Waals surface area contributed by atoms with Crippen molar-refractivity contribution >= 4 is 5.91 Å². The molecule has 0 spiro atoms. The zero-order valence-electron chi connectivity index (χ0n) is 16.2. The van der Waals surface area contributed by atoms with Crippen molar-refractivity contribution in [2.75, 3.05) is 6.54 Å². The number of hydrogen-bond donors (Lipinski definition) is 2. The van der Waals surface area contributed by atoms with E-state index < -0.39 is 0 Å². The Balaban J connectivity index is 1.60. The van der Waals surface area contributed by atoms with E-state index in [0.29, 0.717) is 36.6 Å². The number of aromatic nitrogens is 6. The van der Waals surface area contributed by atoms with Gasteiger partial charge in [0.25, 0.3) is 5.56 Å². The second kappa shape index (κ2) is 7.06. The highest BCUT2D eigenvalue weighted by atomic mass is 16.2. The Bertz CT molecular complexity index is 1080. The van der Waals surface area contributed by atoms with Gasteiger partial charge >= 0.3 is 0 Å². The summed E-state index contributed by atoms with van der Waals surface area (Å²) in [6.45, 7) is 4.65. The predicted octanol–water partition coefficient (Wildman–Crippen LogP) is 0.814. The van der Waals surface area contributed by atoms with E-state index in [9.17, 15) is 9.59 Å². The number of nitrogens with zero attached hydrogens (tertiary/aromatic N) is 5. The Kier molecular flexibility index (Phi) is 4.58. The molecule has 3 aromatic rings. The molecule has 146 valence electrons. The molecule has 1 unspecified atom stereocenters. The molecule has 0 aromatic carbocycles. The maximum atomic E-state index is 13.0. The van der Waals surface area contributed by atoms with Crippen molar-refractivity contribution in [1.82, 2.24) is 34.6 Å². The molecule has 0 fully saturated rings. The first-order valence-corrected chi connectivity index (χ1v) is 9.33.